The number of carbonyl (C=O) groups is 1. The second kappa shape index (κ2) is 3.90. The van der Waals surface area contributed by atoms with Crippen molar-refractivity contribution in [3.05, 3.63) is 0 Å². The van der Waals surface area contributed by atoms with Crippen LogP contribution in [0.15, 0.2) is 0 Å². The van der Waals surface area contributed by atoms with E-state index < -0.39 is 5.60 Å². The van der Waals surface area contributed by atoms with Crippen molar-refractivity contribution < 1.29 is 9.90 Å². The molecule has 0 bridgehead atoms. The summed E-state index contributed by atoms with van der Waals surface area (Å²) in [5, 5.41) is 9.42. The number of hydrogen-bond acceptors (Lipinski definition) is 2. The quantitative estimate of drug-likeness (QED) is 0.688. The minimum Gasteiger partial charge on any atom is -0.389 e. The normalized spacial score (nSPS) is 11.9. The number of aliphatic hydroxyl groups is 1. The van der Waals surface area contributed by atoms with Gasteiger partial charge in [0.2, 0.25) is 5.91 Å². The number of nitrogens with zero attached hydrogens (tertiary/aromatic N) is 1. The van der Waals surface area contributed by atoms with Gasteiger partial charge in [0.05, 0.1) is 5.60 Å². The lowest BCUT2D eigenvalue weighted by atomic mass is 10.1. The van der Waals surface area contributed by atoms with Gasteiger partial charge in [-0.2, -0.15) is 0 Å². The first-order chi connectivity index (χ1) is 5.24. The van der Waals surface area contributed by atoms with Crippen molar-refractivity contribution in [2.75, 3.05) is 13.6 Å². The molecule has 1 amide bonds. The minimum atomic E-state index is -0.806. The van der Waals surface area contributed by atoms with Crippen LogP contribution in [-0.4, -0.2) is 35.1 Å². The molecule has 0 aliphatic rings. The Labute approximate surface area is 74.4 Å². The Morgan fingerprint density at radius 1 is 1.50 bits per heavy atom. The number of carbonyl (C=O) groups excluding carboxylic acids is 1. The first kappa shape index (κ1) is 11.4. The molecule has 0 aromatic heterocycles. The first-order valence-corrected chi connectivity index (χ1v) is 4.21. The Kier molecular flexibility index (Phi) is 3.71. The molecule has 12 heavy (non-hydrogen) atoms. The van der Waals surface area contributed by atoms with Crippen molar-refractivity contribution in [1.82, 2.24) is 4.90 Å². The van der Waals surface area contributed by atoms with E-state index in [1.54, 1.807) is 25.8 Å². The fourth-order valence-electron chi connectivity index (χ4n) is 1.10. The molecule has 0 aromatic carbocycles. The third kappa shape index (κ3) is 4.34. The highest BCUT2D eigenvalue weighted by Gasteiger charge is 2.20. The Bertz CT molecular complexity index is 158. The van der Waals surface area contributed by atoms with Crippen molar-refractivity contribution in [2.24, 2.45) is 5.92 Å². The predicted octanol–water partition coefficient (Wildman–Crippen LogP) is 0.872. The van der Waals surface area contributed by atoms with E-state index in [2.05, 4.69) is 0 Å². The van der Waals surface area contributed by atoms with E-state index in [1.807, 2.05) is 13.8 Å². The SMILES string of the molecule is CC(C)C(=O)N(C)CC(C)(C)O. The molecule has 0 saturated heterocycles. The summed E-state index contributed by atoms with van der Waals surface area (Å²) >= 11 is 0. The molecule has 0 aliphatic carbocycles. The van der Waals surface area contributed by atoms with Gasteiger partial charge in [0.15, 0.2) is 0 Å². The molecule has 3 heteroatoms. The van der Waals surface area contributed by atoms with E-state index in [4.69, 9.17) is 0 Å². The topological polar surface area (TPSA) is 40.5 Å². The summed E-state index contributed by atoms with van der Waals surface area (Å²) in [6, 6.07) is 0. The molecule has 0 spiro atoms. The van der Waals surface area contributed by atoms with E-state index in [9.17, 15) is 9.90 Å². The zero-order valence-corrected chi connectivity index (χ0v) is 8.59. The fraction of sp³-hybridized carbons (Fsp3) is 0.889. The summed E-state index contributed by atoms with van der Waals surface area (Å²) in [4.78, 5) is 12.9. The molecule has 0 aromatic rings. The van der Waals surface area contributed by atoms with Crippen LogP contribution >= 0.6 is 0 Å². The van der Waals surface area contributed by atoms with E-state index in [0.717, 1.165) is 0 Å². The Hall–Kier alpha value is -0.570. The molecule has 0 atom stereocenters. The van der Waals surface area contributed by atoms with Gasteiger partial charge in [-0.3, -0.25) is 4.79 Å². The average molecular weight is 173 g/mol. The summed E-state index contributed by atoms with van der Waals surface area (Å²) in [6.07, 6.45) is 0. The van der Waals surface area contributed by atoms with Gasteiger partial charge in [0.25, 0.3) is 0 Å². The molecule has 0 aliphatic heterocycles. The molecular formula is C9H19NO2. The Balaban J connectivity index is 4.05. The van der Waals surface area contributed by atoms with Crippen molar-refractivity contribution in [3.63, 3.8) is 0 Å². The van der Waals surface area contributed by atoms with Crippen LogP contribution < -0.4 is 0 Å². The average Bonchev–Trinajstić information content (AvgIpc) is 1.82. The smallest absolute Gasteiger partial charge is 0.224 e. The molecule has 0 heterocycles. The number of hydrogen-bond donors (Lipinski definition) is 1. The maximum Gasteiger partial charge on any atom is 0.224 e. The number of rotatable bonds is 3. The van der Waals surface area contributed by atoms with Crippen LogP contribution in [0.25, 0.3) is 0 Å². The van der Waals surface area contributed by atoms with Crippen LogP contribution in [0.3, 0.4) is 0 Å². The molecule has 1 N–H and O–H groups in total. The van der Waals surface area contributed by atoms with Crippen LogP contribution in [0.2, 0.25) is 0 Å². The number of likely N-dealkylation sites (N-methyl/N-ethyl adjacent to an activating group) is 1. The molecule has 0 unspecified atom stereocenters. The highest BCUT2D eigenvalue weighted by Crippen LogP contribution is 2.06. The standard InChI is InChI=1S/C9H19NO2/c1-7(2)8(11)10(5)6-9(3,4)12/h7,12H,6H2,1-5H3. The van der Waals surface area contributed by atoms with Gasteiger partial charge in [-0.25, -0.2) is 0 Å². The van der Waals surface area contributed by atoms with E-state index in [1.165, 1.54) is 0 Å². The third-order valence-corrected chi connectivity index (χ3v) is 1.49. The lowest BCUT2D eigenvalue weighted by Crippen LogP contribution is -2.41. The van der Waals surface area contributed by atoms with Gasteiger partial charge in [-0.15, -0.1) is 0 Å². The van der Waals surface area contributed by atoms with Crippen LogP contribution in [0.4, 0.5) is 0 Å². The summed E-state index contributed by atoms with van der Waals surface area (Å²) < 4.78 is 0. The van der Waals surface area contributed by atoms with E-state index in [0.29, 0.717) is 6.54 Å². The lowest BCUT2D eigenvalue weighted by Gasteiger charge is -2.26. The van der Waals surface area contributed by atoms with E-state index in [-0.39, 0.29) is 11.8 Å². The molecule has 72 valence electrons. The van der Waals surface area contributed by atoms with Gasteiger partial charge in [-0.05, 0) is 13.8 Å². The summed E-state index contributed by atoms with van der Waals surface area (Å²) in [7, 11) is 1.71. The minimum absolute atomic E-state index is 0.00245. The zero-order valence-electron chi connectivity index (χ0n) is 8.59. The van der Waals surface area contributed by atoms with E-state index >= 15 is 0 Å². The lowest BCUT2D eigenvalue weighted by molar-refractivity contribution is -0.135. The zero-order chi connectivity index (χ0) is 9.94. The van der Waals surface area contributed by atoms with Crippen molar-refractivity contribution in [3.8, 4) is 0 Å². The van der Waals surface area contributed by atoms with Gasteiger partial charge >= 0.3 is 0 Å². The highest BCUT2D eigenvalue weighted by atomic mass is 16.3. The van der Waals surface area contributed by atoms with Gasteiger partial charge in [-0.1, -0.05) is 13.8 Å². The number of amides is 1. The van der Waals surface area contributed by atoms with Crippen molar-refractivity contribution >= 4 is 5.91 Å². The predicted molar refractivity (Wildman–Crippen MR) is 48.8 cm³/mol. The Morgan fingerprint density at radius 3 is 2.17 bits per heavy atom. The first-order valence-electron chi connectivity index (χ1n) is 4.21. The fourth-order valence-corrected chi connectivity index (χ4v) is 1.10. The molecule has 0 fully saturated rings. The molecule has 0 rings (SSSR count). The van der Waals surface area contributed by atoms with Crippen molar-refractivity contribution in [2.45, 2.75) is 33.3 Å². The second-order valence-electron chi connectivity index (χ2n) is 4.16. The van der Waals surface area contributed by atoms with Crippen molar-refractivity contribution in [1.29, 1.82) is 0 Å². The summed E-state index contributed by atoms with van der Waals surface area (Å²) in [5.74, 6) is 0.0643. The Morgan fingerprint density at radius 2 is 1.92 bits per heavy atom. The van der Waals surface area contributed by atoms with Crippen LogP contribution in [0, 0.1) is 5.92 Å². The van der Waals surface area contributed by atoms with Crippen LogP contribution in [0.1, 0.15) is 27.7 Å². The van der Waals surface area contributed by atoms with Crippen LogP contribution in [-0.2, 0) is 4.79 Å². The molecular weight excluding hydrogens is 154 g/mol. The maximum atomic E-state index is 11.3. The summed E-state index contributed by atoms with van der Waals surface area (Å²) in [6.45, 7) is 7.46. The van der Waals surface area contributed by atoms with Crippen LogP contribution in [0.5, 0.6) is 0 Å². The van der Waals surface area contributed by atoms with Gasteiger partial charge in [0.1, 0.15) is 0 Å². The summed E-state index contributed by atoms with van der Waals surface area (Å²) in [5.41, 5.74) is -0.806. The second-order valence-corrected chi connectivity index (χ2v) is 4.16. The highest BCUT2D eigenvalue weighted by molar-refractivity contribution is 5.77. The van der Waals surface area contributed by atoms with Gasteiger partial charge < -0.3 is 10.0 Å². The molecule has 0 radical (unpaired) electrons. The largest absolute Gasteiger partial charge is 0.389 e. The maximum absolute atomic E-state index is 11.3. The third-order valence-electron chi connectivity index (χ3n) is 1.49. The monoisotopic (exact) mass is 173 g/mol. The molecule has 3 nitrogen and oxygen atoms in total. The molecule has 0 saturated carbocycles. The van der Waals surface area contributed by atoms with Gasteiger partial charge in [0, 0.05) is 19.5 Å².